The van der Waals surface area contributed by atoms with Gasteiger partial charge < -0.3 is 10.2 Å². The molecule has 3 rings (SSSR count). The Morgan fingerprint density at radius 3 is 2.64 bits per heavy atom. The molecule has 1 aliphatic rings. The number of piperazine rings is 1. The highest BCUT2D eigenvalue weighted by atomic mass is 35.5. The van der Waals surface area contributed by atoms with Gasteiger partial charge in [0, 0.05) is 18.2 Å². The molecule has 1 aromatic heterocycles. The number of aromatic amines is 1. The van der Waals surface area contributed by atoms with E-state index in [2.05, 4.69) is 15.2 Å². The van der Waals surface area contributed by atoms with Gasteiger partial charge in [0.05, 0.1) is 34.9 Å². The van der Waals surface area contributed by atoms with E-state index in [-0.39, 0.29) is 5.69 Å². The number of pyridine rings is 1. The van der Waals surface area contributed by atoms with Crippen molar-refractivity contribution in [1.82, 2.24) is 4.90 Å². The Labute approximate surface area is 155 Å². The minimum atomic E-state index is -0.459. The Bertz CT molecular complexity index is 781. The second-order valence-corrected chi connectivity index (χ2v) is 6.37. The molecule has 2 heterocycles. The lowest BCUT2D eigenvalue weighted by molar-refractivity contribution is -0.384. The lowest BCUT2D eigenvalue weighted by atomic mass is 10.2. The van der Waals surface area contributed by atoms with Crippen molar-refractivity contribution < 1.29 is 9.91 Å². The summed E-state index contributed by atoms with van der Waals surface area (Å²) in [7, 11) is 0. The van der Waals surface area contributed by atoms with Crippen LogP contribution in [0.3, 0.4) is 0 Å². The average molecular weight is 379 g/mol. The van der Waals surface area contributed by atoms with Gasteiger partial charge in [-0.05, 0) is 24.4 Å². The maximum Gasteiger partial charge on any atom is 0.274 e. The topological polar surface area (TPSA) is 75.8 Å². The molecule has 0 saturated carbocycles. The predicted octanol–water partition coefficient (Wildman–Crippen LogP) is 2.58. The van der Waals surface area contributed by atoms with E-state index in [0.717, 1.165) is 32.0 Å². The molecular formula is C16H17ClN5O2S+. The zero-order valence-corrected chi connectivity index (χ0v) is 14.9. The van der Waals surface area contributed by atoms with Gasteiger partial charge in [0.15, 0.2) is 5.11 Å². The summed E-state index contributed by atoms with van der Waals surface area (Å²) in [5.41, 5.74) is 0.416. The van der Waals surface area contributed by atoms with Crippen molar-refractivity contribution in [2.45, 2.75) is 0 Å². The van der Waals surface area contributed by atoms with Crippen LogP contribution in [-0.4, -0.2) is 41.1 Å². The molecule has 130 valence electrons. The van der Waals surface area contributed by atoms with Gasteiger partial charge in [-0.15, -0.1) is 0 Å². The van der Waals surface area contributed by atoms with Gasteiger partial charge >= 0.3 is 0 Å². The number of hydrogen-bond donors (Lipinski definition) is 1. The number of nitro benzene ring substituents is 1. The molecule has 0 radical (unpaired) electrons. The smallest absolute Gasteiger partial charge is 0.274 e. The van der Waals surface area contributed by atoms with E-state index >= 15 is 0 Å². The van der Waals surface area contributed by atoms with Crippen LogP contribution in [0, 0.1) is 10.1 Å². The van der Waals surface area contributed by atoms with Crippen LogP contribution >= 0.6 is 23.8 Å². The van der Waals surface area contributed by atoms with Crippen LogP contribution in [-0.2, 0) is 0 Å². The standard InChI is InChI=1S/C16H16ClN5O2S/c17-13-5-4-12(22(23)24)11-14(13)19-16(25)21-9-7-20(8-10-21)15-3-1-2-6-18-15/h1-6,11H,7-10H2,(H,19,25)/p+1. The Kier molecular flexibility index (Phi) is 5.30. The van der Waals surface area contributed by atoms with Crippen molar-refractivity contribution in [1.29, 1.82) is 0 Å². The van der Waals surface area contributed by atoms with Crippen LogP contribution in [0.4, 0.5) is 17.2 Å². The molecule has 0 atom stereocenters. The lowest BCUT2D eigenvalue weighted by Gasteiger charge is -2.32. The van der Waals surface area contributed by atoms with Gasteiger partial charge in [0.2, 0.25) is 0 Å². The highest BCUT2D eigenvalue weighted by Crippen LogP contribution is 2.27. The molecule has 1 aliphatic heterocycles. The first kappa shape index (κ1) is 17.4. The van der Waals surface area contributed by atoms with Crippen LogP contribution in [0.15, 0.2) is 42.6 Å². The van der Waals surface area contributed by atoms with Crippen molar-refractivity contribution >= 4 is 46.1 Å². The van der Waals surface area contributed by atoms with Crippen molar-refractivity contribution in [3.8, 4) is 0 Å². The van der Waals surface area contributed by atoms with Crippen LogP contribution in [0.5, 0.6) is 0 Å². The summed E-state index contributed by atoms with van der Waals surface area (Å²) in [5.74, 6) is 1.07. The molecule has 7 nitrogen and oxygen atoms in total. The molecule has 0 amide bonds. The lowest BCUT2D eigenvalue weighted by Crippen LogP contribution is -2.51. The quantitative estimate of drug-likeness (QED) is 0.502. The van der Waals surface area contributed by atoms with Gasteiger partial charge in [-0.1, -0.05) is 17.7 Å². The minimum absolute atomic E-state index is 0.0286. The van der Waals surface area contributed by atoms with Crippen molar-refractivity contribution in [2.75, 3.05) is 36.4 Å². The molecule has 2 aromatic rings. The molecule has 2 N–H and O–H groups in total. The fraction of sp³-hybridized carbons (Fsp3) is 0.250. The number of non-ortho nitro benzene ring substituents is 1. The highest BCUT2D eigenvalue weighted by molar-refractivity contribution is 7.80. The third kappa shape index (κ3) is 4.15. The average Bonchev–Trinajstić information content (AvgIpc) is 2.64. The van der Waals surface area contributed by atoms with E-state index in [1.807, 2.05) is 29.3 Å². The molecule has 0 spiro atoms. The summed E-state index contributed by atoms with van der Waals surface area (Å²) in [6.07, 6.45) is 1.90. The number of nitrogens with zero attached hydrogens (tertiary/aromatic N) is 3. The number of benzene rings is 1. The van der Waals surface area contributed by atoms with E-state index in [0.29, 0.717) is 15.8 Å². The van der Waals surface area contributed by atoms with Crippen LogP contribution in [0.1, 0.15) is 0 Å². The van der Waals surface area contributed by atoms with Crippen molar-refractivity contribution in [3.05, 3.63) is 57.7 Å². The molecule has 9 heteroatoms. The van der Waals surface area contributed by atoms with Crippen molar-refractivity contribution in [2.24, 2.45) is 0 Å². The molecular weight excluding hydrogens is 362 g/mol. The van der Waals surface area contributed by atoms with Gasteiger partial charge in [-0.3, -0.25) is 15.0 Å². The first-order valence-corrected chi connectivity index (χ1v) is 8.55. The zero-order valence-electron chi connectivity index (χ0n) is 13.3. The zero-order chi connectivity index (χ0) is 17.8. The summed E-state index contributed by atoms with van der Waals surface area (Å²) in [5, 5.41) is 14.8. The molecule has 25 heavy (non-hydrogen) atoms. The Balaban J connectivity index is 1.62. The van der Waals surface area contributed by atoms with Crippen LogP contribution < -0.4 is 15.2 Å². The van der Waals surface area contributed by atoms with Gasteiger partial charge in [0.1, 0.15) is 13.1 Å². The summed E-state index contributed by atoms with van der Waals surface area (Å²) in [6, 6.07) is 10.2. The largest absolute Gasteiger partial charge is 0.341 e. The van der Waals surface area contributed by atoms with E-state index in [4.69, 9.17) is 23.8 Å². The van der Waals surface area contributed by atoms with E-state index in [1.165, 1.54) is 18.2 Å². The first-order chi connectivity index (χ1) is 12.0. The number of thiocarbonyl (C=S) groups is 1. The van der Waals surface area contributed by atoms with E-state index < -0.39 is 4.92 Å². The van der Waals surface area contributed by atoms with E-state index in [9.17, 15) is 10.1 Å². The highest BCUT2D eigenvalue weighted by Gasteiger charge is 2.25. The number of aromatic nitrogens is 1. The summed E-state index contributed by atoms with van der Waals surface area (Å²) in [6.45, 7) is 3.15. The molecule has 0 aliphatic carbocycles. The van der Waals surface area contributed by atoms with Crippen LogP contribution in [0.2, 0.25) is 5.02 Å². The normalized spacial score (nSPS) is 14.3. The van der Waals surface area contributed by atoms with E-state index in [1.54, 1.807) is 0 Å². The second kappa shape index (κ2) is 7.62. The third-order valence-corrected chi connectivity index (χ3v) is 4.69. The van der Waals surface area contributed by atoms with Crippen LogP contribution in [0.25, 0.3) is 0 Å². The number of H-pyrrole nitrogens is 1. The molecule has 1 fully saturated rings. The Morgan fingerprint density at radius 1 is 1.24 bits per heavy atom. The molecule has 0 bridgehead atoms. The number of anilines is 2. The minimum Gasteiger partial charge on any atom is -0.341 e. The number of nitrogens with one attached hydrogen (secondary N) is 2. The predicted molar refractivity (Wildman–Crippen MR) is 101 cm³/mol. The SMILES string of the molecule is O=[N+]([O-])c1ccc(Cl)c(NC(=S)N2CCN(c3cccc[nH+]3)CC2)c1. The summed E-state index contributed by atoms with van der Waals surface area (Å²) >= 11 is 11.6. The summed E-state index contributed by atoms with van der Waals surface area (Å²) in [4.78, 5) is 18.0. The number of nitro groups is 1. The van der Waals surface area contributed by atoms with Gasteiger partial charge in [-0.25, -0.2) is 4.98 Å². The maximum absolute atomic E-state index is 10.9. The molecule has 1 saturated heterocycles. The maximum atomic E-state index is 10.9. The number of rotatable bonds is 3. The molecule has 0 unspecified atom stereocenters. The Hall–Kier alpha value is -2.45. The first-order valence-electron chi connectivity index (χ1n) is 7.76. The molecule has 1 aromatic carbocycles. The second-order valence-electron chi connectivity index (χ2n) is 5.57. The fourth-order valence-electron chi connectivity index (χ4n) is 2.65. The fourth-order valence-corrected chi connectivity index (χ4v) is 3.11. The Morgan fingerprint density at radius 2 is 2.00 bits per heavy atom. The van der Waals surface area contributed by atoms with Gasteiger partial charge in [-0.2, -0.15) is 0 Å². The number of halogens is 1. The number of hydrogen-bond acceptors (Lipinski definition) is 4. The summed E-state index contributed by atoms with van der Waals surface area (Å²) < 4.78 is 0. The van der Waals surface area contributed by atoms with Gasteiger partial charge in [0.25, 0.3) is 11.5 Å². The third-order valence-electron chi connectivity index (χ3n) is 4.00. The van der Waals surface area contributed by atoms with Crippen molar-refractivity contribution in [3.63, 3.8) is 0 Å². The monoisotopic (exact) mass is 378 g/mol.